The quantitative estimate of drug-likeness (QED) is 0.415. The van der Waals surface area contributed by atoms with Crippen molar-refractivity contribution in [1.82, 2.24) is 0 Å². The first kappa shape index (κ1) is 20.0. The fraction of sp³-hybridized carbons (Fsp3) is 0.200. The second kappa shape index (κ2) is 8.90. The van der Waals surface area contributed by atoms with Crippen LogP contribution in [0, 0.1) is 11.3 Å². The van der Waals surface area contributed by atoms with Gasteiger partial charge in [-0.2, -0.15) is 18.4 Å². The lowest BCUT2D eigenvalue weighted by atomic mass is 10.1. The Kier molecular flexibility index (Phi) is 6.61. The van der Waals surface area contributed by atoms with Gasteiger partial charge in [0.05, 0.1) is 12.2 Å². The number of hydrogen-bond donors (Lipinski definition) is 0. The predicted octanol–water partition coefficient (Wildman–Crippen LogP) is 4.75. The summed E-state index contributed by atoms with van der Waals surface area (Å²) < 4.78 is 48.6. The Morgan fingerprint density at radius 2 is 1.93 bits per heavy atom. The number of hydrogen-bond acceptors (Lipinski definition) is 4. The number of alkyl halides is 3. The molecule has 7 heteroatoms. The zero-order valence-electron chi connectivity index (χ0n) is 14.4. The van der Waals surface area contributed by atoms with Gasteiger partial charge < -0.3 is 9.47 Å². The van der Waals surface area contributed by atoms with Gasteiger partial charge in [0, 0.05) is 0 Å². The molecule has 0 amide bonds. The van der Waals surface area contributed by atoms with E-state index in [1.807, 2.05) is 0 Å². The van der Waals surface area contributed by atoms with Crippen molar-refractivity contribution in [2.24, 2.45) is 0 Å². The number of halogens is 3. The summed E-state index contributed by atoms with van der Waals surface area (Å²) in [5.74, 6) is -0.336. The van der Waals surface area contributed by atoms with E-state index in [9.17, 15) is 18.0 Å². The van der Waals surface area contributed by atoms with Crippen LogP contribution < -0.4 is 4.74 Å². The standard InChI is InChI=1S/C20H16F3NO3/c1-2-26-19(25)16(12-24)9-14-5-4-8-18(11-14)27-13-15-6-3-7-17(10-15)20(21,22)23/h3-11H,2,13H2,1H3. The fourth-order valence-corrected chi connectivity index (χ4v) is 2.21. The van der Waals surface area contributed by atoms with Gasteiger partial charge in [-0.15, -0.1) is 0 Å². The lowest BCUT2D eigenvalue weighted by Crippen LogP contribution is -2.06. The summed E-state index contributed by atoms with van der Waals surface area (Å²) in [6.07, 6.45) is -3.06. The van der Waals surface area contributed by atoms with Crippen molar-refractivity contribution < 1.29 is 27.4 Å². The van der Waals surface area contributed by atoms with E-state index in [0.717, 1.165) is 12.1 Å². The third kappa shape index (κ3) is 5.89. The van der Waals surface area contributed by atoms with Gasteiger partial charge in [-0.1, -0.05) is 24.3 Å². The highest BCUT2D eigenvalue weighted by Gasteiger charge is 2.30. The molecule has 0 aromatic heterocycles. The molecule has 0 N–H and O–H groups in total. The minimum atomic E-state index is -4.42. The SMILES string of the molecule is CCOC(=O)C(C#N)=Cc1cccc(OCc2cccc(C(F)(F)F)c2)c1. The normalized spacial score (nSPS) is 11.6. The number of ether oxygens (including phenoxy) is 2. The first-order valence-corrected chi connectivity index (χ1v) is 8.01. The van der Waals surface area contributed by atoms with Crippen molar-refractivity contribution in [3.63, 3.8) is 0 Å². The van der Waals surface area contributed by atoms with E-state index >= 15 is 0 Å². The third-order valence-corrected chi connectivity index (χ3v) is 3.44. The molecule has 140 valence electrons. The Balaban J connectivity index is 2.12. The van der Waals surface area contributed by atoms with E-state index in [4.69, 9.17) is 14.7 Å². The molecule has 4 nitrogen and oxygen atoms in total. The van der Waals surface area contributed by atoms with Gasteiger partial charge in [-0.05, 0) is 48.4 Å². The molecule has 0 spiro atoms. The second-order valence-corrected chi connectivity index (χ2v) is 5.45. The molecule has 0 fully saturated rings. The summed E-state index contributed by atoms with van der Waals surface area (Å²) in [7, 11) is 0. The summed E-state index contributed by atoms with van der Waals surface area (Å²) in [5, 5.41) is 9.06. The molecule has 0 heterocycles. The predicted molar refractivity (Wildman–Crippen MR) is 92.4 cm³/mol. The number of carbonyl (C=O) groups is 1. The molecule has 0 saturated heterocycles. The van der Waals surface area contributed by atoms with E-state index in [2.05, 4.69) is 0 Å². The van der Waals surface area contributed by atoms with E-state index in [0.29, 0.717) is 16.9 Å². The molecular weight excluding hydrogens is 359 g/mol. The van der Waals surface area contributed by atoms with Gasteiger partial charge >= 0.3 is 12.1 Å². The summed E-state index contributed by atoms with van der Waals surface area (Å²) in [4.78, 5) is 11.7. The lowest BCUT2D eigenvalue weighted by Gasteiger charge is -2.10. The summed E-state index contributed by atoms with van der Waals surface area (Å²) in [6.45, 7) is 1.73. The van der Waals surface area contributed by atoms with Gasteiger partial charge in [0.2, 0.25) is 0 Å². The van der Waals surface area contributed by atoms with Crippen molar-refractivity contribution in [2.75, 3.05) is 6.61 Å². The number of carbonyl (C=O) groups excluding carboxylic acids is 1. The highest BCUT2D eigenvalue weighted by molar-refractivity contribution is 5.97. The highest BCUT2D eigenvalue weighted by atomic mass is 19.4. The first-order chi connectivity index (χ1) is 12.8. The molecule has 0 aliphatic heterocycles. The summed E-state index contributed by atoms with van der Waals surface area (Å²) in [5.41, 5.74) is -0.00332. The van der Waals surface area contributed by atoms with Crippen LogP contribution in [0.5, 0.6) is 5.75 Å². The molecule has 0 unspecified atom stereocenters. The minimum absolute atomic E-state index is 0.0555. The van der Waals surface area contributed by atoms with Crippen LogP contribution in [0.15, 0.2) is 54.1 Å². The van der Waals surface area contributed by atoms with Crippen LogP contribution >= 0.6 is 0 Å². The maximum Gasteiger partial charge on any atom is 0.416 e. The molecular formula is C20H16F3NO3. The van der Waals surface area contributed by atoms with Gasteiger partial charge in [-0.3, -0.25) is 0 Å². The molecule has 2 aromatic rings. The lowest BCUT2D eigenvalue weighted by molar-refractivity contribution is -0.138. The van der Waals surface area contributed by atoms with Crippen LogP contribution in [0.3, 0.4) is 0 Å². The van der Waals surface area contributed by atoms with Crippen LogP contribution in [-0.2, 0) is 22.3 Å². The molecule has 2 aromatic carbocycles. The first-order valence-electron chi connectivity index (χ1n) is 8.01. The monoisotopic (exact) mass is 375 g/mol. The topological polar surface area (TPSA) is 59.3 Å². The van der Waals surface area contributed by atoms with Crippen LogP contribution in [0.2, 0.25) is 0 Å². The molecule has 2 rings (SSSR count). The maximum absolute atomic E-state index is 12.7. The van der Waals surface area contributed by atoms with Crippen molar-refractivity contribution in [3.8, 4) is 11.8 Å². The molecule has 0 atom stereocenters. The number of esters is 1. The number of nitriles is 1. The smallest absolute Gasteiger partial charge is 0.416 e. The van der Waals surface area contributed by atoms with Gasteiger partial charge in [0.25, 0.3) is 0 Å². The largest absolute Gasteiger partial charge is 0.489 e. The Morgan fingerprint density at radius 1 is 1.19 bits per heavy atom. The molecule has 0 aliphatic rings. The minimum Gasteiger partial charge on any atom is -0.489 e. The van der Waals surface area contributed by atoms with Crippen molar-refractivity contribution >= 4 is 12.0 Å². The number of benzene rings is 2. The molecule has 27 heavy (non-hydrogen) atoms. The molecule has 0 aliphatic carbocycles. The highest BCUT2D eigenvalue weighted by Crippen LogP contribution is 2.29. The molecule has 0 bridgehead atoms. The van der Waals surface area contributed by atoms with Crippen molar-refractivity contribution in [1.29, 1.82) is 5.26 Å². The van der Waals surface area contributed by atoms with Crippen LogP contribution in [-0.4, -0.2) is 12.6 Å². The average molecular weight is 375 g/mol. The van der Waals surface area contributed by atoms with E-state index in [1.54, 1.807) is 37.3 Å². The fourth-order valence-electron chi connectivity index (χ4n) is 2.21. The average Bonchev–Trinajstić information content (AvgIpc) is 2.64. The van der Waals surface area contributed by atoms with Crippen molar-refractivity contribution in [2.45, 2.75) is 19.7 Å². The van der Waals surface area contributed by atoms with Crippen LogP contribution in [0.1, 0.15) is 23.6 Å². The van der Waals surface area contributed by atoms with Crippen LogP contribution in [0.4, 0.5) is 13.2 Å². The van der Waals surface area contributed by atoms with Crippen LogP contribution in [0.25, 0.3) is 6.08 Å². The molecule has 0 radical (unpaired) electrons. The Labute approximate surface area is 154 Å². The number of nitrogens with zero attached hydrogens (tertiary/aromatic N) is 1. The third-order valence-electron chi connectivity index (χ3n) is 3.44. The zero-order valence-corrected chi connectivity index (χ0v) is 14.4. The Hall–Kier alpha value is -3.27. The van der Waals surface area contributed by atoms with Gasteiger partial charge in [0.15, 0.2) is 0 Å². The maximum atomic E-state index is 12.7. The second-order valence-electron chi connectivity index (χ2n) is 5.45. The van der Waals surface area contributed by atoms with Crippen molar-refractivity contribution in [3.05, 3.63) is 70.8 Å². The van der Waals surface area contributed by atoms with E-state index in [-0.39, 0.29) is 18.8 Å². The molecule has 0 saturated carbocycles. The summed E-state index contributed by atoms with van der Waals surface area (Å²) in [6, 6.07) is 13.2. The summed E-state index contributed by atoms with van der Waals surface area (Å²) >= 11 is 0. The van der Waals surface area contributed by atoms with E-state index < -0.39 is 17.7 Å². The van der Waals surface area contributed by atoms with E-state index in [1.165, 1.54) is 18.2 Å². The zero-order chi connectivity index (χ0) is 19.9. The Morgan fingerprint density at radius 3 is 2.59 bits per heavy atom. The van der Waals surface area contributed by atoms with Gasteiger partial charge in [-0.25, -0.2) is 4.79 Å². The Bertz CT molecular complexity index is 883. The number of rotatable bonds is 6. The van der Waals surface area contributed by atoms with Gasteiger partial charge in [0.1, 0.15) is 24.0 Å².